The van der Waals surface area contributed by atoms with Gasteiger partial charge in [0.15, 0.2) is 0 Å². The van der Waals surface area contributed by atoms with Crippen molar-refractivity contribution in [1.29, 1.82) is 0 Å². The van der Waals surface area contributed by atoms with E-state index in [0.29, 0.717) is 13.0 Å². The van der Waals surface area contributed by atoms with E-state index in [4.69, 9.17) is 4.74 Å². The van der Waals surface area contributed by atoms with Crippen molar-refractivity contribution in [1.82, 2.24) is 10.6 Å². The quantitative estimate of drug-likeness (QED) is 0.688. The first-order chi connectivity index (χ1) is 8.76. The van der Waals surface area contributed by atoms with E-state index in [9.17, 15) is 9.90 Å². The Morgan fingerprint density at radius 1 is 1.47 bits per heavy atom. The van der Waals surface area contributed by atoms with Crippen LogP contribution < -0.4 is 10.6 Å². The fraction of sp³-hybridized carbons (Fsp3) is 0.929. The summed E-state index contributed by atoms with van der Waals surface area (Å²) in [5.74, 6) is 0. The zero-order valence-electron chi connectivity index (χ0n) is 12.7. The normalized spacial score (nSPS) is 30.3. The topological polar surface area (TPSA) is 70.6 Å². The molecule has 0 bridgehead atoms. The molecule has 112 valence electrons. The lowest BCUT2D eigenvalue weighted by Crippen LogP contribution is -2.69. The molecule has 1 aliphatic rings. The van der Waals surface area contributed by atoms with Crippen LogP contribution in [-0.2, 0) is 4.74 Å². The van der Waals surface area contributed by atoms with Crippen LogP contribution in [0.1, 0.15) is 47.0 Å². The molecule has 3 N–H and O–H groups in total. The maximum absolute atomic E-state index is 11.8. The molecular formula is C14H28N2O3. The van der Waals surface area contributed by atoms with Gasteiger partial charge in [-0.25, -0.2) is 4.79 Å². The Morgan fingerprint density at radius 3 is 2.58 bits per heavy atom. The first-order valence-corrected chi connectivity index (χ1v) is 7.04. The molecule has 0 aromatic heterocycles. The summed E-state index contributed by atoms with van der Waals surface area (Å²) >= 11 is 0. The third-order valence-electron chi connectivity index (χ3n) is 4.70. The van der Waals surface area contributed by atoms with Gasteiger partial charge >= 0.3 is 6.03 Å². The van der Waals surface area contributed by atoms with Crippen molar-refractivity contribution in [2.45, 2.75) is 64.7 Å². The lowest BCUT2D eigenvalue weighted by Gasteiger charge is -2.59. The van der Waals surface area contributed by atoms with Crippen molar-refractivity contribution in [3.05, 3.63) is 0 Å². The number of rotatable bonds is 6. The van der Waals surface area contributed by atoms with Gasteiger partial charge in [-0.05, 0) is 19.8 Å². The number of aliphatic hydroxyl groups excluding tert-OH is 1. The van der Waals surface area contributed by atoms with Gasteiger partial charge in [0.2, 0.25) is 0 Å². The maximum atomic E-state index is 11.8. The minimum absolute atomic E-state index is 0.0961. The molecule has 0 spiro atoms. The molecule has 0 aromatic rings. The molecule has 2 amide bonds. The molecular weight excluding hydrogens is 244 g/mol. The Morgan fingerprint density at radius 2 is 2.11 bits per heavy atom. The summed E-state index contributed by atoms with van der Waals surface area (Å²) < 4.78 is 5.52. The van der Waals surface area contributed by atoms with E-state index in [2.05, 4.69) is 31.4 Å². The summed E-state index contributed by atoms with van der Waals surface area (Å²) in [7, 11) is 1.71. The van der Waals surface area contributed by atoms with Gasteiger partial charge in [0.25, 0.3) is 0 Å². The predicted octanol–water partition coefficient (Wildman–Crippen LogP) is 1.65. The van der Waals surface area contributed by atoms with Gasteiger partial charge in [0.05, 0.1) is 11.7 Å². The lowest BCUT2D eigenvalue weighted by molar-refractivity contribution is -0.177. The molecule has 1 fully saturated rings. The van der Waals surface area contributed by atoms with Gasteiger partial charge in [-0.1, -0.05) is 27.2 Å². The molecule has 0 saturated heterocycles. The third-order valence-corrected chi connectivity index (χ3v) is 4.70. The highest BCUT2D eigenvalue weighted by Crippen LogP contribution is 2.51. The molecule has 1 rings (SSSR count). The number of nitrogens with one attached hydrogen (secondary N) is 2. The van der Waals surface area contributed by atoms with Crippen molar-refractivity contribution in [2.24, 2.45) is 5.41 Å². The van der Waals surface area contributed by atoms with Gasteiger partial charge < -0.3 is 20.5 Å². The molecule has 0 heterocycles. The SMILES string of the molecule is CCCC(O)CNC(=O)NC1CC(C)(OC)C1(C)C. The van der Waals surface area contributed by atoms with Gasteiger partial charge in [-0.2, -0.15) is 0 Å². The largest absolute Gasteiger partial charge is 0.391 e. The summed E-state index contributed by atoms with van der Waals surface area (Å²) in [6.07, 6.45) is 1.96. The highest BCUT2D eigenvalue weighted by molar-refractivity contribution is 5.74. The van der Waals surface area contributed by atoms with E-state index in [-0.39, 0.29) is 23.1 Å². The predicted molar refractivity (Wildman–Crippen MR) is 75.0 cm³/mol. The molecule has 5 nitrogen and oxygen atoms in total. The smallest absolute Gasteiger partial charge is 0.315 e. The fourth-order valence-electron chi connectivity index (χ4n) is 2.58. The maximum Gasteiger partial charge on any atom is 0.315 e. The van der Waals surface area contributed by atoms with Crippen LogP contribution in [0.2, 0.25) is 0 Å². The monoisotopic (exact) mass is 272 g/mol. The van der Waals surface area contributed by atoms with Crippen molar-refractivity contribution in [2.75, 3.05) is 13.7 Å². The molecule has 1 aliphatic carbocycles. The minimum atomic E-state index is -0.464. The number of urea groups is 1. The van der Waals surface area contributed by atoms with Gasteiger partial charge in [0.1, 0.15) is 0 Å². The van der Waals surface area contributed by atoms with Gasteiger partial charge in [-0.3, -0.25) is 0 Å². The molecule has 3 unspecified atom stereocenters. The molecule has 0 aromatic carbocycles. The number of carbonyl (C=O) groups is 1. The number of aliphatic hydroxyl groups is 1. The van der Waals surface area contributed by atoms with Crippen molar-refractivity contribution in [3.8, 4) is 0 Å². The zero-order valence-corrected chi connectivity index (χ0v) is 12.7. The second-order valence-electron chi connectivity index (χ2n) is 6.21. The summed E-state index contributed by atoms with van der Waals surface area (Å²) in [6.45, 7) is 8.56. The van der Waals surface area contributed by atoms with E-state index in [1.807, 2.05) is 6.92 Å². The van der Waals surface area contributed by atoms with Crippen LogP contribution in [0.5, 0.6) is 0 Å². The number of hydrogen-bond donors (Lipinski definition) is 3. The Kier molecular flexibility index (Phi) is 5.21. The second kappa shape index (κ2) is 6.09. The van der Waals surface area contributed by atoms with E-state index >= 15 is 0 Å². The van der Waals surface area contributed by atoms with Crippen LogP contribution in [0, 0.1) is 5.41 Å². The van der Waals surface area contributed by atoms with Crippen molar-refractivity contribution >= 4 is 6.03 Å². The van der Waals surface area contributed by atoms with Crippen molar-refractivity contribution < 1.29 is 14.6 Å². The van der Waals surface area contributed by atoms with Crippen LogP contribution in [0.3, 0.4) is 0 Å². The van der Waals surface area contributed by atoms with E-state index < -0.39 is 6.10 Å². The van der Waals surface area contributed by atoms with Crippen LogP contribution >= 0.6 is 0 Å². The Balaban J connectivity index is 2.35. The number of carbonyl (C=O) groups excluding carboxylic acids is 1. The minimum Gasteiger partial charge on any atom is -0.391 e. The molecule has 0 radical (unpaired) electrons. The van der Waals surface area contributed by atoms with Crippen LogP contribution in [0.4, 0.5) is 4.79 Å². The molecule has 5 heteroatoms. The van der Waals surface area contributed by atoms with Gasteiger partial charge in [-0.15, -0.1) is 0 Å². The van der Waals surface area contributed by atoms with E-state index in [1.54, 1.807) is 7.11 Å². The Hall–Kier alpha value is -0.810. The number of amides is 2. The van der Waals surface area contributed by atoms with Crippen LogP contribution in [-0.4, -0.2) is 42.5 Å². The number of hydrogen-bond acceptors (Lipinski definition) is 3. The summed E-state index contributed by atoms with van der Waals surface area (Å²) in [5.41, 5.74) is -0.284. The number of methoxy groups -OCH3 is 1. The Bertz CT molecular complexity index is 320. The zero-order chi connectivity index (χ0) is 14.7. The second-order valence-corrected chi connectivity index (χ2v) is 6.21. The first-order valence-electron chi connectivity index (χ1n) is 7.04. The van der Waals surface area contributed by atoms with Crippen LogP contribution in [0.15, 0.2) is 0 Å². The number of ether oxygens (including phenoxy) is 1. The fourth-order valence-corrected chi connectivity index (χ4v) is 2.58. The van der Waals surface area contributed by atoms with E-state index in [0.717, 1.165) is 12.8 Å². The summed E-state index contributed by atoms with van der Waals surface area (Å²) in [6, 6.07) is -0.118. The molecule has 3 atom stereocenters. The van der Waals surface area contributed by atoms with Crippen molar-refractivity contribution in [3.63, 3.8) is 0 Å². The highest BCUT2D eigenvalue weighted by atomic mass is 16.5. The molecule has 19 heavy (non-hydrogen) atoms. The van der Waals surface area contributed by atoms with Crippen LogP contribution in [0.25, 0.3) is 0 Å². The Labute approximate surface area is 116 Å². The van der Waals surface area contributed by atoms with Gasteiger partial charge in [0, 0.05) is 25.1 Å². The average molecular weight is 272 g/mol. The summed E-state index contributed by atoms with van der Waals surface area (Å²) in [4.78, 5) is 11.8. The molecule has 0 aliphatic heterocycles. The molecule has 1 saturated carbocycles. The van der Waals surface area contributed by atoms with E-state index in [1.165, 1.54) is 0 Å². The lowest BCUT2D eigenvalue weighted by atomic mass is 9.56. The average Bonchev–Trinajstić information content (AvgIpc) is 2.36. The summed E-state index contributed by atoms with van der Waals surface area (Å²) in [5, 5.41) is 15.2. The third kappa shape index (κ3) is 3.39. The standard InChI is InChI=1S/C14H28N2O3/c1-6-7-10(17)9-15-12(18)16-11-8-14(4,19-5)13(11,2)3/h10-11,17H,6-9H2,1-5H3,(H2,15,16,18). The first kappa shape index (κ1) is 16.2. The highest BCUT2D eigenvalue weighted by Gasteiger charge is 2.58.